The fourth-order valence-electron chi connectivity index (χ4n) is 1.77. The van der Waals surface area contributed by atoms with E-state index in [4.69, 9.17) is 4.74 Å². The SMILES string of the molecule is CCNC(=O)c1cccc(-c2ccc(OC)nc2)c1. The molecule has 0 fully saturated rings. The second kappa shape index (κ2) is 6.00. The molecule has 0 unspecified atom stereocenters. The topological polar surface area (TPSA) is 51.2 Å². The number of ether oxygens (including phenoxy) is 1. The fraction of sp³-hybridized carbons (Fsp3) is 0.200. The molecule has 0 aliphatic heterocycles. The molecule has 1 N–H and O–H groups in total. The smallest absolute Gasteiger partial charge is 0.251 e. The number of methoxy groups -OCH3 is 1. The van der Waals surface area contributed by atoms with Gasteiger partial charge in [0.05, 0.1) is 7.11 Å². The second-order valence-corrected chi connectivity index (χ2v) is 4.03. The van der Waals surface area contributed by atoms with Gasteiger partial charge in [-0.3, -0.25) is 4.79 Å². The molecule has 0 saturated carbocycles. The number of carbonyl (C=O) groups is 1. The lowest BCUT2D eigenvalue weighted by molar-refractivity contribution is 0.0956. The van der Waals surface area contributed by atoms with E-state index in [0.717, 1.165) is 11.1 Å². The summed E-state index contributed by atoms with van der Waals surface area (Å²) in [5, 5.41) is 2.78. The predicted octanol–water partition coefficient (Wildman–Crippen LogP) is 2.51. The van der Waals surface area contributed by atoms with Crippen LogP contribution in [-0.4, -0.2) is 24.5 Å². The third-order valence-corrected chi connectivity index (χ3v) is 2.74. The summed E-state index contributed by atoms with van der Waals surface area (Å²) < 4.78 is 5.02. The highest BCUT2D eigenvalue weighted by Gasteiger charge is 2.06. The van der Waals surface area contributed by atoms with Gasteiger partial charge in [0.1, 0.15) is 0 Å². The van der Waals surface area contributed by atoms with Gasteiger partial charge in [0.25, 0.3) is 5.91 Å². The highest BCUT2D eigenvalue weighted by atomic mass is 16.5. The van der Waals surface area contributed by atoms with Crippen LogP contribution < -0.4 is 10.1 Å². The lowest BCUT2D eigenvalue weighted by atomic mass is 10.0. The Morgan fingerprint density at radius 1 is 1.26 bits per heavy atom. The van der Waals surface area contributed by atoms with Crippen LogP contribution in [0, 0.1) is 0 Å². The molecular formula is C15H16N2O2. The molecule has 0 radical (unpaired) electrons. The maximum Gasteiger partial charge on any atom is 0.251 e. The molecule has 1 heterocycles. The van der Waals surface area contributed by atoms with Gasteiger partial charge in [-0.05, 0) is 30.7 Å². The van der Waals surface area contributed by atoms with Crippen molar-refractivity contribution < 1.29 is 9.53 Å². The van der Waals surface area contributed by atoms with Gasteiger partial charge < -0.3 is 10.1 Å². The number of hydrogen-bond acceptors (Lipinski definition) is 3. The van der Waals surface area contributed by atoms with Crippen LogP contribution in [-0.2, 0) is 0 Å². The molecule has 2 rings (SSSR count). The zero-order valence-electron chi connectivity index (χ0n) is 11.0. The third-order valence-electron chi connectivity index (χ3n) is 2.74. The molecule has 1 aromatic heterocycles. The van der Waals surface area contributed by atoms with E-state index in [-0.39, 0.29) is 5.91 Å². The highest BCUT2D eigenvalue weighted by Crippen LogP contribution is 2.21. The Morgan fingerprint density at radius 3 is 2.74 bits per heavy atom. The maximum absolute atomic E-state index is 11.8. The van der Waals surface area contributed by atoms with Gasteiger partial charge >= 0.3 is 0 Å². The van der Waals surface area contributed by atoms with Gasteiger partial charge in [0.2, 0.25) is 5.88 Å². The zero-order chi connectivity index (χ0) is 13.7. The van der Waals surface area contributed by atoms with Crippen LogP contribution >= 0.6 is 0 Å². The Morgan fingerprint density at radius 2 is 2.11 bits per heavy atom. The van der Waals surface area contributed by atoms with Crippen molar-refractivity contribution in [3.8, 4) is 17.0 Å². The first-order valence-corrected chi connectivity index (χ1v) is 6.13. The van der Waals surface area contributed by atoms with Crippen molar-refractivity contribution >= 4 is 5.91 Å². The molecule has 0 aliphatic rings. The first-order valence-electron chi connectivity index (χ1n) is 6.13. The number of nitrogens with zero attached hydrogens (tertiary/aromatic N) is 1. The molecule has 0 bridgehead atoms. The molecule has 0 spiro atoms. The van der Waals surface area contributed by atoms with Crippen LogP contribution in [0.25, 0.3) is 11.1 Å². The van der Waals surface area contributed by atoms with E-state index >= 15 is 0 Å². The van der Waals surface area contributed by atoms with Crippen molar-refractivity contribution in [2.24, 2.45) is 0 Å². The number of pyridine rings is 1. The molecular weight excluding hydrogens is 240 g/mol. The standard InChI is InChI=1S/C15H16N2O2/c1-3-16-15(18)12-6-4-5-11(9-12)13-7-8-14(19-2)17-10-13/h4-10H,3H2,1-2H3,(H,16,18). The minimum absolute atomic E-state index is 0.0641. The summed E-state index contributed by atoms with van der Waals surface area (Å²) in [4.78, 5) is 15.9. The number of nitrogens with one attached hydrogen (secondary N) is 1. The summed E-state index contributed by atoms with van der Waals surface area (Å²) in [6.07, 6.45) is 1.73. The second-order valence-electron chi connectivity index (χ2n) is 4.03. The van der Waals surface area contributed by atoms with Gasteiger partial charge in [-0.1, -0.05) is 12.1 Å². The molecule has 4 heteroatoms. The number of rotatable bonds is 4. The van der Waals surface area contributed by atoms with Crippen molar-refractivity contribution in [2.45, 2.75) is 6.92 Å². The van der Waals surface area contributed by atoms with E-state index in [9.17, 15) is 4.79 Å². The first-order chi connectivity index (χ1) is 9.24. The third kappa shape index (κ3) is 3.10. The lowest BCUT2D eigenvalue weighted by Gasteiger charge is -2.06. The largest absolute Gasteiger partial charge is 0.481 e. The van der Waals surface area contributed by atoms with Crippen molar-refractivity contribution in [2.75, 3.05) is 13.7 Å². The van der Waals surface area contributed by atoms with Crippen molar-refractivity contribution in [3.63, 3.8) is 0 Å². The number of amides is 1. The molecule has 19 heavy (non-hydrogen) atoms. The van der Waals surface area contributed by atoms with Crippen LogP contribution in [0.2, 0.25) is 0 Å². The van der Waals surface area contributed by atoms with Gasteiger partial charge in [-0.25, -0.2) is 4.98 Å². The van der Waals surface area contributed by atoms with E-state index in [1.54, 1.807) is 25.4 Å². The Hall–Kier alpha value is -2.36. The van der Waals surface area contributed by atoms with Gasteiger partial charge in [0.15, 0.2) is 0 Å². The van der Waals surface area contributed by atoms with Gasteiger partial charge in [-0.15, -0.1) is 0 Å². The molecule has 2 aromatic rings. The fourth-order valence-corrected chi connectivity index (χ4v) is 1.77. The van der Waals surface area contributed by atoms with Crippen molar-refractivity contribution in [1.82, 2.24) is 10.3 Å². The van der Waals surface area contributed by atoms with Crippen LogP contribution in [0.15, 0.2) is 42.6 Å². The molecule has 1 amide bonds. The van der Waals surface area contributed by atoms with Crippen molar-refractivity contribution in [3.05, 3.63) is 48.2 Å². The first kappa shape index (κ1) is 13.1. The average molecular weight is 256 g/mol. The summed E-state index contributed by atoms with van der Waals surface area (Å²) in [7, 11) is 1.58. The molecule has 0 saturated heterocycles. The Labute approximate surface area is 112 Å². The molecule has 4 nitrogen and oxygen atoms in total. The van der Waals surface area contributed by atoms with E-state index in [1.807, 2.05) is 31.2 Å². The van der Waals surface area contributed by atoms with Crippen LogP contribution in [0.4, 0.5) is 0 Å². The van der Waals surface area contributed by atoms with Crippen molar-refractivity contribution in [1.29, 1.82) is 0 Å². The van der Waals surface area contributed by atoms with E-state index in [0.29, 0.717) is 18.0 Å². The zero-order valence-corrected chi connectivity index (χ0v) is 11.0. The summed E-state index contributed by atoms with van der Waals surface area (Å²) in [5.74, 6) is 0.509. The monoisotopic (exact) mass is 256 g/mol. The normalized spacial score (nSPS) is 10.0. The highest BCUT2D eigenvalue weighted by molar-refractivity contribution is 5.95. The molecule has 0 atom stereocenters. The summed E-state index contributed by atoms with van der Waals surface area (Å²) in [6, 6.07) is 11.2. The lowest BCUT2D eigenvalue weighted by Crippen LogP contribution is -2.22. The van der Waals surface area contributed by atoms with Gasteiger partial charge in [0, 0.05) is 29.9 Å². The Kier molecular flexibility index (Phi) is 4.13. The number of carbonyl (C=O) groups excluding carboxylic acids is 1. The summed E-state index contributed by atoms with van der Waals surface area (Å²) >= 11 is 0. The van der Waals surface area contributed by atoms with E-state index in [2.05, 4.69) is 10.3 Å². The van der Waals surface area contributed by atoms with E-state index in [1.165, 1.54) is 0 Å². The Balaban J connectivity index is 2.29. The average Bonchev–Trinajstić information content (AvgIpc) is 2.48. The molecule has 0 aliphatic carbocycles. The molecule has 1 aromatic carbocycles. The van der Waals surface area contributed by atoms with Crippen LogP contribution in [0.1, 0.15) is 17.3 Å². The van der Waals surface area contributed by atoms with E-state index < -0.39 is 0 Å². The maximum atomic E-state index is 11.8. The minimum Gasteiger partial charge on any atom is -0.481 e. The number of benzene rings is 1. The summed E-state index contributed by atoms with van der Waals surface area (Å²) in [5.41, 5.74) is 2.56. The van der Waals surface area contributed by atoms with Gasteiger partial charge in [-0.2, -0.15) is 0 Å². The minimum atomic E-state index is -0.0641. The predicted molar refractivity (Wildman–Crippen MR) is 74.2 cm³/mol. The quantitative estimate of drug-likeness (QED) is 0.914. The van der Waals surface area contributed by atoms with Crippen LogP contribution in [0.5, 0.6) is 5.88 Å². The summed E-state index contributed by atoms with van der Waals surface area (Å²) in [6.45, 7) is 2.52. The number of aromatic nitrogens is 1. The number of hydrogen-bond donors (Lipinski definition) is 1. The molecule has 98 valence electrons. The Bertz CT molecular complexity index is 565. The van der Waals surface area contributed by atoms with Crippen LogP contribution in [0.3, 0.4) is 0 Å².